The number of amides is 2. The van der Waals surface area contributed by atoms with Crippen LogP contribution in [0.25, 0.3) is 0 Å². The average Bonchev–Trinajstić information content (AvgIpc) is 3.02. The van der Waals surface area contributed by atoms with Crippen molar-refractivity contribution in [3.63, 3.8) is 0 Å². The van der Waals surface area contributed by atoms with Crippen LogP contribution in [-0.4, -0.2) is 91.5 Å². The van der Waals surface area contributed by atoms with Crippen LogP contribution in [0.2, 0.25) is 0 Å². The molecule has 0 bridgehead atoms. The third-order valence-electron chi connectivity index (χ3n) is 9.90. The van der Waals surface area contributed by atoms with Gasteiger partial charge in [0.2, 0.25) is 5.91 Å². The van der Waals surface area contributed by atoms with Gasteiger partial charge in [0.25, 0.3) is 5.91 Å². The highest BCUT2D eigenvalue weighted by Crippen LogP contribution is 2.43. The Balaban J connectivity index is 1.09. The van der Waals surface area contributed by atoms with Crippen LogP contribution < -0.4 is 9.64 Å². The van der Waals surface area contributed by atoms with E-state index in [4.69, 9.17) is 4.74 Å². The van der Waals surface area contributed by atoms with Gasteiger partial charge in [0.05, 0.1) is 7.11 Å². The Hall–Kier alpha value is -3.06. The summed E-state index contributed by atoms with van der Waals surface area (Å²) >= 11 is 0. The van der Waals surface area contributed by atoms with E-state index in [0.717, 1.165) is 62.6 Å². The molecule has 4 fully saturated rings. The molecule has 4 heterocycles. The van der Waals surface area contributed by atoms with Crippen molar-refractivity contribution in [3.05, 3.63) is 60.2 Å². The smallest absolute Gasteiger partial charge is 0.254 e. The lowest BCUT2D eigenvalue weighted by Gasteiger charge is -2.57. The third kappa shape index (κ3) is 5.58. The summed E-state index contributed by atoms with van der Waals surface area (Å²) in [6.45, 7) is 6.44. The van der Waals surface area contributed by atoms with Crippen molar-refractivity contribution in [1.29, 1.82) is 0 Å². The number of hydrogen-bond acceptors (Lipinski definition) is 5. The number of hydrogen-bond donors (Lipinski definition) is 0. The quantitative estimate of drug-likeness (QED) is 0.513. The molecule has 4 aliphatic rings. The van der Waals surface area contributed by atoms with Crippen molar-refractivity contribution in [1.82, 2.24) is 14.7 Å². The second-order valence-corrected chi connectivity index (χ2v) is 12.1. The molecule has 2 aromatic carbocycles. The van der Waals surface area contributed by atoms with E-state index in [1.54, 1.807) is 7.11 Å². The van der Waals surface area contributed by atoms with Crippen LogP contribution in [0, 0.1) is 11.8 Å². The van der Waals surface area contributed by atoms with Crippen molar-refractivity contribution in [2.24, 2.45) is 11.8 Å². The molecule has 0 aliphatic carbocycles. The van der Waals surface area contributed by atoms with Crippen molar-refractivity contribution >= 4 is 17.5 Å². The zero-order valence-electron chi connectivity index (χ0n) is 23.9. The average molecular weight is 545 g/mol. The minimum atomic E-state index is 0.173. The predicted octanol–water partition coefficient (Wildman–Crippen LogP) is 4.53. The maximum Gasteiger partial charge on any atom is 0.254 e. The molecule has 6 rings (SSSR count). The molecule has 0 unspecified atom stereocenters. The van der Waals surface area contributed by atoms with Crippen LogP contribution in [0.1, 0.15) is 55.3 Å². The predicted molar refractivity (Wildman–Crippen MR) is 158 cm³/mol. The van der Waals surface area contributed by atoms with Gasteiger partial charge in [0.1, 0.15) is 5.75 Å². The van der Waals surface area contributed by atoms with E-state index >= 15 is 0 Å². The Morgan fingerprint density at radius 2 is 1.68 bits per heavy atom. The standard InChI is InChI=1S/C33H44N4O3/c1-40-28-13-5-12-27(23-28)34-19-21-35(22-20-34)31(38)16-6-15-30-29-14-8-18-36-17-7-11-26(32(29)36)24-37(30)33(39)25-9-3-2-4-10-25/h2-5,9-10,12-13,23,26,29-30,32H,6-8,11,14-22,24H2,1H3/t26-,29+,30+,32-/m0/s1. The number of carbonyl (C=O) groups is 2. The van der Waals surface area contributed by atoms with E-state index < -0.39 is 0 Å². The SMILES string of the molecule is COc1cccc(N2CCN(C(=O)CCC[C@@H]3[C@H]4CCCN5CCC[C@@H](CN3C(=O)c3ccccc3)[C@@H]45)CC2)c1. The van der Waals surface area contributed by atoms with Gasteiger partial charge in [-0.3, -0.25) is 14.5 Å². The van der Waals surface area contributed by atoms with Gasteiger partial charge in [-0.2, -0.15) is 0 Å². The summed E-state index contributed by atoms with van der Waals surface area (Å²) in [6.07, 6.45) is 7.19. The van der Waals surface area contributed by atoms with E-state index in [1.165, 1.54) is 38.8 Å². The molecule has 7 heteroatoms. The summed E-state index contributed by atoms with van der Waals surface area (Å²) in [5, 5.41) is 0. The van der Waals surface area contributed by atoms with Gasteiger partial charge in [0, 0.05) is 68.5 Å². The first-order chi connectivity index (χ1) is 19.6. The number of anilines is 1. The molecule has 0 spiro atoms. The normalized spacial score (nSPS) is 26.8. The zero-order valence-corrected chi connectivity index (χ0v) is 23.9. The number of carbonyl (C=O) groups excluding carboxylic acids is 2. The topological polar surface area (TPSA) is 56.3 Å². The lowest BCUT2D eigenvalue weighted by molar-refractivity contribution is -0.131. The lowest BCUT2D eigenvalue weighted by Crippen LogP contribution is -2.65. The minimum absolute atomic E-state index is 0.173. The zero-order chi connectivity index (χ0) is 27.5. The van der Waals surface area contributed by atoms with E-state index in [9.17, 15) is 9.59 Å². The number of piperazine rings is 1. The van der Waals surface area contributed by atoms with Crippen molar-refractivity contribution in [2.45, 2.75) is 57.0 Å². The molecule has 2 amide bonds. The molecule has 214 valence electrons. The number of benzene rings is 2. The maximum absolute atomic E-state index is 13.8. The Bertz CT molecular complexity index is 1160. The molecule has 0 saturated carbocycles. The van der Waals surface area contributed by atoms with E-state index in [2.05, 4.69) is 26.8 Å². The van der Waals surface area contributed by atoms with Gasteiger partial charge in [-0.15, -0.1) is 0 Å². The van der Waals surface area contributed by atoms with Crippen LogP contribution in [0.3, 0.4) is 0 Å². The summed E-state index contributed by atoms with van der Waals surface area (Å²) in [5.41, 5.74) is 1.94. The first-order valence-corrected chi connectivity index (χ1v) is 15.4. The van der Waals surface area contributed by atoms with Crippen LogP contribution >= 0.6 is 0 Å². The second kappa shape index (κ2) is 12.2. The Labute approximate surface area is 239 Å². The number of piperidine rings is 3. The number of ether oxygens (including phenoxy) is 1. The van der Waals surface area contributed by atoms with Gasteiger partial charge in [0.15, 0.2) is 0 Å². The molecular formula is C33H44N4O3. The van der Waals surface area contributed by atoms with Crippen LogP contribution in [0.15, 0.2) is 54.6 Å². The van der Waals surface area contributed by atoms with E-state index in [1.807, 2.05) is 47.4 Å². The minimum Gasteiger partial charge on any atom is -0.497 e. The third-order valence-corrected chi connectivity index (χ3v) is 9.90. The summed E-state index contributed by atoms with van der Waals surface area (Å²) in [7, 11) is 1.69. The monoisotopic (exact) mass is 544 g/mol. The van der Waals surface area contributed by atoms with Crippen molar-refractivity contribution in [3.8, 4) is 5.75 Å². The summed E-state index contributed by atoms with van der Waals surface area (Å²) < 4.78 is 5.38. The Morgan fingerprint density at radius 1 is 0.900 bits per heavy atom. The fourth-order valence-electron chi connectivity index (χ4n) is 7.99. The highest BCUT2D eigenvalue weighted by molar-refractivity contribution is 5.94. The molecule has 7 nitrogen and oxygen atoms in total. The van der Waals surface area contributed by atoms with Gasteiger partial charge < -0.3 is 19.4 Å². The van der Waals surface area contributed by atoms with Gasteiger partial charge in [-0.1, -0.05) is 24.3 Å². The maximum atomic E-state index is 13.8. The molecule has 4 saturated heterocycles. The molecule has 2 aromatic rings. The fraction of sp³-hybridized carbons (Fsp3) is 0.576. The molecule has 0 radical (unpaired) electrons. The number of methoxy groups -OCH3 is 1. The Kier molecular flexibility index (Phi) is 8.28. The highest BCUT2D eigenvalue weighted by atomic mass is 16.5. The first kappa shape index (κ1) is 27.1. The van der Waals surface area contributed by atoms with Crippen LogP contribution in [0.5, 0.6) is 5.75 Å². The number of likely N-dealkylation sites (tertiary alicyclic amines) is 1. The molecular weight excluding hydrogens is 500 g/mol. The van der Waals surface area contributed by atoms with Gasteiger partial charge in [-0.25, -0.2) is 0 Å². The highest BCUT2D eigenvalue weighted by Gasteiger charge is 2.49. The van der Waals surface area contributed by atoms with E-state index in [-0.39, 0.29) is 17.9 Å². The van der Waals surface area contributed by atoms with E-state index in [0.29, 0.717) is 24.3 Å². The molecule has 0 aromatic heterocycles. The molecule has 4 aliphatic heterocycles. The first-order valence-electron chi connectivity index (χ1n) is 15.4. The van der Waals surface area contributed by atoms with Crippen molar-refractivity contribution < 1.29 is 14.3 Å². The molecule has 4 atom stereocenters. The van der Waals surface area contributed by atoms with Crippen LogP contribution in [-0.2, 0) is 4.79 Å². The van der Waals surface area contributed by atoms with Crippen LogP contribution in [0.4, 0.5) is 5.69 Å². The number of nitrogens with zero attached hydrogens (tertiary/aromatic N) is 4. The Morgan fingerprint density at radius 3 is 2.45 bits per heavy atom. The number of rotatable bonds is 7. The summed E-state index contributed by atoms with van der Waals surface area (Å²) in [6, 6.07) is 18.8. The largest absolute Gasteiger partial charge is 0.497 e. The summed E-state index contributed by atoms with van der Waals surface area (Å²) in [4.78, 5) is 36.4. The molecule has 40 heavy (non-hydrogen) atoms. The van der Waals surface area contributed by atoms with Gasteiger partial charge in [-0.05, 0) is 87.7 Å². The van der Waals surface area contributed by atoms with Gasteiger partial charge >= 0.3 is 0 Å². The molecule has 0 N–H and O–H groups in total. The second-order valence-electron chi connectivity index (χ2n) is 12.1. The van der Waals surface area contributed by atoms with Crippen molar-refractivity contribution in [2.75, 3.05) is 57.8 Å². The lowest BCUT2D eigenvalue weighted by atomic mass is 9.69. The fourth-order valence-corrected chi connectivity index (χ4v) is 7.99. The summed E-state index contributed by atoms with van der Waals surface area (Å²) in [5.74, 6) is 2.38.